The molecule has 1 aliphatic rings. The Morgan fingerprint density at radius 2 is 1.82 bits per heavy atom. The second-order valence-corrected chi connectivity index (χ2v) is 7.69. The van der Waals surface area contributed by atoms with E-state index in [1.165, 1.54) is 12.1 Å². The van der Waals surface area contributed by atoms with Gasteiger partial charge in [-0.2, -0.15) is 10.2 Å². The monoisotopic (exact) mass is 446 g/mol. The first-order chi connectivity index (χ1) is 13.6. The number of nitrogens with zero attached hydrogens (tertiary/aromatic N) is 6. The molecule has 1 aromatic carbocycles. The molecule has 28 heavy (non-hydrogen) atoms. The van der Waals surface area contributed by atoms with E-state index in [1.54, 1.807) is 40.0 Å². The van der Waals surface area contributed by atoms with Gasteiger partial charge in [0.15, 0.2) is 0 Å². The molecule has 0 atom stereocenters. The Kier molecular flexibility index (Phi) is 5.54. The van der Waals surface area contributed by atoms with Crippen LogP contribution >= 0.6 is 15.9 Å². The molecule has 7 nitrogen and oxygen atoms in total. The number of hydrogen-bond acceptors (Lipinski definition) is 4. The van der Waals surface area contributed by atoms with E-state index in [1.807, 2.05) is 11.1 Å². The molecule has 9 heteroatoms. The van der Waals surface area contributed by atoms with Crippen LogP contribution in [0.3, 0.4) is 0 Å². The first kappa shape index (κ1) is 18.8. The molecule has 3 aromatic rings. The maximum absolute atomic E-state index is 13.0. The molecule has 0 radical (unpaired) electrons. The third-order valence-corrected chi connectivity index (χ3v) is 5.14. The largest absolute Gasteiger partial charge is 0.335 e. The van der Waals surface area contributed by atoms with E-state index in [-0.39, 0.29) is 11.7 Å². The van der Waals surface area contributed by atoms with Crippen molar-refractivity contribution in [1.82, 2.24) is 29.4 Å². The van der Waals surface area contributed by atoms with Crippen molar-refractivity contribution in [1.29, 1.82) is 0 Å². The van der Waals surface area contributed by atoms with Crippen LogP contribution in [0, 0.1) is 5.82 Å². The molecule has 0 saturated carbocycles. The van der Waals surface area contributed by atoms with Gasteiger partial charge in [0, 0.05) is 45.1 Å². The number of aromatic nitrogens is 4. The van der Waals surface area contributed by atoms with Gasteiger partial charge in [-0.15, -0.1) is 0 Å². The molecule has 0 aliphatic carbocycles. The van der Waals surface area contributed by atoms with E-state index >= 15 is 0 Å². The van der Waals surface area contributed by atoms with Crippen LogP contribution in [0.25, 0.3) is 0 Å². The molecule has 3 heterocycles. The number of carbonyl (C=O) groups excluding carboxylic acids is 1. The van der Waals surface area contributed by atoms with Crippen LogP contribution in [-0.2, 0) is 13.2 Å². The Morgan fingerprint density at radius 1 is 1.07 bits per heavy atom. The van der Waals surface area contributed by atoms with Crippen molar-refractivity contribution in [3.05, 3.63) is 70.5 Å². The normalized spacial score (nSPS) is 15.1. The lowest BCUT2D eigenvalue weighted by molar-refractivity contribution is 0.0621. The minimum atomic E-state index is -0.223. The Hall–Kier alpha value is -2.52. The number of amides is 1. The third-order valence-electron chi connectivity index (χ3n) is 4.73. The lowest BCUT2D eigenvalue weighted by Gasteiger charge is -2.34. The molecule has 1 fully saturated rings. The van der Waals surface area contributed by atoms with Gasteiger partial charge in [0.25, 0.3) is 5.91 Å². The van der Waals surface area contributed by atoms with E-state index in [2.05, 4.69) is 31.0 Å². The molecule has 4 rings (SSSR count). The predicted octanol–water partition coefficient (Wildman–Crippen LogP) is 2.45. The molecule has 0 spiro atoms. The molecular weight excluding hydrogens is 427 g/mol. The summed E-state index contributed by atoms with van der Waals surface area (Å²) < 4.78 is 17.3. The Balaban J connectivity index is 1.30. The summed E-state index contributed by atoms with van der Waals surface area (Å²) in [6.45, 7) is 4.08. The van der Waals surface area contributed by atoms with Gasteiger partial charge in [-0.3, -0.25) is 14.4 Å². The number of carbonyl (C=O) groups is 1. The Bertz CT molecular complexity index is 946. The highest BCUT2D eigenvalue weighted by Gasteiger charge is 2.23. The van der Waals surface area contributed by atoms with E-state index in [9.17, 15) is 9.18 Å². The SMILES string of the molecule is O=C(c1ccn(Cn2cc(Br)cn2)n1)N1CCN(Cc2ccc(F)cc2)CC1. The zero-order valence-electron chi connectivity index (χ0n) is 15.2. The number of rotatable bonds is 5. The highest BCUT2D eigenvalue weighted by molar-refractivity contribution is 9.10. The molecule has 1 aliphatic heterocycles. The van der Waals surface area contributed by atoms with Crippen molar-refractivity contribution in [3.63, 3.8) is 0 Å². The third kappa shape index (κ3) is 4.48. The molecule has 0 unspecified atom stereocenters. The minimum Gasteiger partial charge on any atom is -0.335 e. The molecule has 1 amide bonds. The van der Waals surface area contributed by atoms with Gasteiger partial charge in [-0.25, -0.2) is 9.07 Å². The molecule has 146 valence electrons. The second-order valence-electron chi connectivity index (χ2n) is 6.77. The maximum Gasteiger partial charge on any atom is 0.274 e. The van der Waals surface area contributed by atoms with Gasteiger partial charge >= 0.3 is 0 Å². The first-order valence-corrected chi connectivity index (χ1v) is 9.83. The Labute approximate surface area is 170 Å². The highest BCUT2D eigenvalue weighted by Crippen LogP contribution is 2.12. The molecule has 0 N–H and O–H groups in total. The van der Waals surface area contributed by atoms with Crippen molar-refractivity contribution < 1.29 is 9.18 Å². The van der Waals surface area contributed by atoms with Gasteiger partial charge in [-0.05, 0) is 39.7 Å². The first-order valence-electron chi connectivity index (χ1n) is 9.04. The zero-order chi connectivity index (χ0) is 19.5. The maximum atomic E-state index is 13.0. The molecule has 1 saturated heterocycles. The van der Waals surface area contributed by atoms with Crippen molar-refractivity contribution >= 4 is 21.8 Å². The predicted molar refractivity (Wildman–Crippen MR) is 105 cm³/mol. The average molecular weight is 447 g/mol. The second kappa shape index (κ2) is 8.24. The summed E-state index contributed by atoms with van der Waals surface area (Å²) in [5, 5.41) is 8.57. The van der Waals surface area contributed by atoms with Gasteiger partial charge in [-0.1, -0.05) is 12.1 Å². The summed E-state index contributed by atoms with van der Waals surface area (Å²) in [6, 6.07) is 8.31. The van der Waals surface area contributed by atoms with Crippen molar-refractivity contribution in [2.75, 3.05) is 26.2 Å². The zero-order valence-corrected chi connectivity index (χ0v) is 16.8. The molecule has 0 bridgehead atoms. The summed E-state index contributed by atoms with van der Waals surface area (Å²) in [5.74, 6) is -0.277. The topological polar surface area (TPSA) is 59.2 Å². The van der Waals surface area contributed by atoms with E-state index in [0.29, 0.717) is 25.5 Å². The standard InChI is InChI=1S/C19H20BrFN6O/c20-16-11-22-27(13-16)14-26-6-5-18(23-26)19(28)25-9-7-24(8-10-25)12-15-1-3-17(21)4-2-15/h1-6,11,13H,7-10,12,14H2. The van der Waals surface area contributed by atoms with E-state index < -0.39 is 0 Å². The summed E-state index contributed by atoms with van der Waals surface area (Å²) in [7, 11) is 0. The lowest BCUT2D eigenvalue weighted by atomic mass is 10.2. The fraction of sp³-hybridized carbons (Fsp3) is 0.316. The minimum absolute atomic E-state index is 0.0539. The van der Waals surface area contributed by atoms with E-state index in [4.69, 9.17) is 0 Å². The van der Waals surface area contributed by atoms with Gasteiger partial charge in [0.1, 0.15) is 18.2 Å². The highest BCUT2D eigenvalue weighted by atomic mass is 79.9. The quantitative estimate of drug-likeness (QED) is 0.603. The van der Waals surface area contributed by atoms with Crippen LogP contribution in [0.2, 0.25) is 0 Å². The fourth-order valence-electron chi connectivity index (χ4n) is 3.24. The summed E-state index contributed by atoms with van der Waals surface area (Å²) in [5.41, 5.74) is 1.52. The number of halogens is 2. The van der Waals surface area contributed by atoms with Crippen LogP contribution < -0.4 is 0 Å². The number of benzene rings is 1. The average Bonchev–Trinajstić information content (AvgIpc) is 3.33. The number of hydrogen-bond donors (Lipinski definition) is 0. The van der Waals surface area contributed by atoms with Crippen LogP contribution in [0.1, 0.15) is 16.1 Å². The van der Waals surface area contributed by atoms with Crippen LogP contribution in [0.4, 0.5) is 4.39 Å². The smallest absolute Gasteiger partial charge is 0.274 e. The van der Waals surface area contributed by atoms with Crippen LogP contribution in [0.5, 0.6) is 0 Å². The van der Waals surface area contributed by atoms with Gasteiger partial charge in [0.05, 0.1) is 10.7 Å². The lowest BCUT2D eigenvalue weighted by Crippen LogP contribution is -2.48. The summed E-state index contributed by atoms with van der Waals surface area (Å²) in [4.78, 5) is 16.8. The van der Waals surface area contributed by atoms with Gasteiger partial charge in [0.2, 0.25) is 0 Å². The molecule has 2 aromatic heterocycles. The van der Waals surface area contributed by atoms with E-state index in [0.717, 1.165) is 29.7 Å². The fourth-order valence-corrected chi connectivity index (χ4v) is 3.57. The van der Waals surface area contributed by atoms with Crippen LogP contribution in [0.15, 0.2) is 53.4 Å². The van der Waals surface area contributed by atoms with Crippen LogP contribution in [-0.4, -0.2) is 61.4 Å². The number of piperazine rings is 1. The Morgan fingerprint density at radius 3 is 2.50 bits per heavy atom. The van der Waals surface area contributed by atoms with Crippen molar-refractivity contribution in [2.24, 2.45) is 0 Å². The molecular formula is C19H20BrFN6O. The summed E-state index contributed by atoms with van der Waals surface area (Å²) in [6.07, 6.45) is 5.35. The van der Waals surface area contributed by atoms with Crippen molar-refractivity contribution in [2.45, 2.75) is 13.2 Å². The van der Waals surface area contributed by atoms with Gasteiger partial charge < -0.3 is 4.90 Å². The summed E-state index contributed by atoms with van der Waals surface area (Å²) >= 11 is 3.36. The van der Waals surface area contributed by atoms with Crippen molar-refractivity contribution in [3.8, 4) is 0 Å².